The summed E-state index contributed by atoms with van der Waals surface area (Å²) in [5.41, 5.74) is 12.2. The van der Waals surface area contributed by atoms with Crippen LogP contribution >= 0.6 is 12.2 Å². The van der Waals surface area contributed by atoms with Gasteiger partial charge in [0, 0.05) is 18.2 Å². The minimum absolute atomic E-state index is 0.478. The van der Waals surface area contributed by atoms with E-state index in [2.05, 4.69) is 54.6 Å². The molecule has 0 unspecified atom stereocenters. The highest BCUT2D eigenvalue weighted by Crippen LogP contribution is 2.25. The Morgan fingerprint density at radius 2 is 1.86 bits per heavy atom. The number of rotatable bonds is 3. The summed E-state index contributed by atoms with van der Waals surface area (Å²) < 4.78 is 2.07. The van der Waals surface area contributed by atoms with E-state index in [1.165, 1.54) is 11.1 Å². The van der Waals surface area contributed by atoms with E-state index < -0.39 is 0 Å². The topological polar surface area (TPSA) is 43.3 Å². The van der Waals surface area contributed by atoms with Crippen LogP contribution in [0.3, 0.4) is 0 Å². The van der Waals surface area contributed by atoms with Crippen molar-refractivity contribution >= 4 is 22.9 Å². The Kier molecular flexibility index (Phi) is 3.47. The second-order valence-corrected chi connectivity index (χ2v) is 5.87. The lowest BCUT2D eigenvalue weighted by atomic mass is 10.1. The van der Waals surface area contributed by atoms with Gasteiger partial charge < -0.3 is 10.1 Å². The number of nitrogens with two attached hydrogens (primary N) is 1. The van der Waals surface area contributed by atoms with Crippen molar-refractivity contribution in [3.8, 4) is 11.3 Å². The van der Waals surface area contributed by atoms with Gasteiger partial charge in [-0.2, -0.15) is 0 Å². The fraction of sp³-hybridized carbons (Fsp3) is 0.176. The molecule has 4 heteroatoms. The molecule has 21 heavy (non-hydrogen) atoms. The molecule has 0 atom stereocenters. The van der Waals surface area contributed by atoms with Gasteiger partial charge >= 0.3 is 0 Å². The first-order valence-corrected chi connectivity index (χ1v) is 7.28. The molecule has 3 aromatic rings. The Morgan fingerprint density at radius 1 is 1.14 bits per heavy atom. The second kappa shape index (κ2) is 5.30. The fourth-order valence-corrected chi connectivity index (χ4v) is 2.61. The molecule has 0 aliphatic carbocycles. The smallest absolute Gasteiger partial charge is 0.137 e. The lowest BCUT2D eigenvalue weighted by Gasteiger charge is -2.05. The normalized spacial score (nSPS) is 11.0. The van der Waals surface area contributed by atoms with Gasteiger partial charge in [0.25, 0.3) is 0 Å². The van der Waals surface area contributed by atoms with Crippen LogP contribution in [-0.4, -0.2) is 14.4 Å². The Morgan fingerprint density at radius 3 is 2.52 bits per heavy atom. The number of aryl methyl sites for hydroxylation is 2. The standard InChI is InChI=1S/C17H17N3S/c1-11-3-5-13(6-4-11)17-14(10-15(18)21)20-8-7-12(2)9-16(20)19-17/h3-9H,10H2,1-2H3,(H2,18,21). The van der Waals surface area contributed by atoms with Crippen LogP contribution in [0.2, 0.25) is 0 Å². The van der Waals surface area contributed by atoms with E-state index in [1.54, 1.807) is 0 Å². The van der Waals surface area contributed by atoms with Gasteiger partial charge in [0.05, 0.1) is 16.4 Å². The van der Waals surface area contributed by atoms with E-state index in [-0.39, 0.29) is 0 Å². The SMILES string of the molecule is Cc1ccc(-c2nc3cc(C)ccn3c2CC(N)=S)cc1. The van der Waals surface area contributed by atoms with Crippen molar-refractivity contribution in [1.82, 2.24) is 9.38 Å². The maximum absolute atomic E-state index is 5.77. The van der Waals surface area contributed by atoms with Crippen molar-refractivity contribution in [3.05, 3.63) is 59.4 Å². The molecule has 2 heterocycles. The summed E-state index contributed by atoms with van der Waals surface area (Å²) in [4.78, 5) is 5.25. The summed E-state index contributed by atoms with van der Waals surface area (Å²) in [5, 5.41) is 0. The number of imidazole rings is 1. The highest BCUT2D eigenvalue weighted by molar-refractivity contribution is 7.80. The van der Waals surface area contributed by atoms with E-state index in [1.807, 2.05) is 6.20 Å². The lowest BCUT2D eigenvalue weighted by Crippen LogP contribution is -2.13. The Bertz CT molecular complexity index is 816. The predicted octanol–water partition coefficient (Wildman–Crippen LogP) is 3.45. The van der Waals surface area contributed by atoms with E-state index in [9.17, 15) is 0 Å². The van der Waals surface area contributed by atoms with Crippen molar-refractivity contribution in [2.24, 2.45) is 5.73 Å². The maximum Gasteiger partial charge on any atom is 0.137 e. The molecule has 3 nitrogen and oxygen atoms in total. The minimum atomic E-state index is 0.478. The molecule has 3 rings (SSSR count). The van der Waals surface area contributed by atoms with Gasteiger partial charge in [-0.25, -0.2) is 4.98 Å². The van der Waals surface area contributed by atoms with Crippen molar-refractivity contribution in [2.75, 3.05) is 0 Å². The van der Waals surface area contributed by atoms with Gasteiger partial charge in [-0.1, -0.05) is 42.0 Å². The Labute approximate surface area is 129 Å². The molecule has 0 saturated carbocycles. The summed E-state index contributed by atoms with van der Waals surface area (Å²) in [5.74, 6) is 0. The second-order valence-electron chi connectivity index (χ2n) is 5.35. The van der Waals surface area contributed by atoms with Gasteiger partial charge in [0.1, 0.15) is 5.65 Å². The monoisotopic (exact) mass is 295 g/mol. The molecular weight excluding hydrogens is 278 g/mol. The molecule has 0 amide bonds. The summed E-state index contributed by atoms with van der Waals surface area (Å²) in [7, 11) is 0. The molecule has 0 fully saturated rings. The molecule has 106 valence electrons. The zero-order valence-corrected chi connectivity index (χ0v) is 12.9. The van der Waals surface area contributed by atoms with Crippen molar-refractivity contribution in [3.63, 3.8) is 0 Å². The molecule has 0 radical (unpaired) electrons. The van der Waals surface area contributed by atoms with E-state index >= 15 is 0 Å². The molecule has 0 bridgehead atoms. The zero-order chi connectivity index (χ0) is 15.0. The number of benzene rings is 1. The van der Waals surface area contributed by atoms with Crippen LogP contribution in [0, 0.1) is 13.8 Å². The third-order valence-electron chi connectivity index (χ3n) is 3.55. The van der Waals surface area contributed by atoms with Gasteiger partial charge in [0.15, 0.2) is 0 Å². The third-order valence-corrected chi connectivity index (χ3v) is 3.69. The molecule has 0 aliphatic rings. The number of fused-ring (bicyclic) bond motifs is 1. The van der Waals surface area contributed by atoms with E-state index in [0.717, 1.165) is 22.6 Å². The van der Waals surface area contributed by atoms with Crippen LogP contribution in [0.1, 0.15) is 16.8 Å². The van der Waals surface area contributed by atoms with Gasteiger partial charge in [-0.3, -0.25) is 0 Å². The molecule has 0 spiro atoms. The summed E-state index contributed by atoms with van der Waals surface area (Å²) >= 11 is 5.10. The Balaban J connectivity index is 2.24. The molecule has 0 aliphatic heterocycles. The first-order valence-electron chi connectivity index (χ1n) is 6.87. The molecule has 1 aromatic carbocycles. The average molecular weight is 295 g/mol. The summed E-state index contributed by atoms with van der Waals surface area (Å²) in [6, 6.07) is 12.5. The van der Waals surface area contributed by atoms with Crippen LogP contribution in [0.25, 0.3) is 16.9 Å². The molecule has 2 aromatic heterocycles. The van der Waals surface area contributed by atoms with Crippen molar-refractivity contribution < 1.29 is 0 Å². The number of thiocarbonyl (C=S) groups is 1. The average Bonchev–Trinajstić information content (AvgIpc) is 2.77. The Hall–Kier alpha value is -2.20. The number of pyridine rings is 1. The lowest BCUT2D eigenvalue weighted by molar-refractivity contribution is 1.07. The van der Waals surface area contributed by atoms with Crippen LogP contribution < -0.4 is 5.73 Å². The van der Waals surface area contributed by atoms with E-state index in [4.69, 9.17) is 22.9 Å². The molecule has 2 N–H and O–H groups in total. The molecular formula is C17H17N3S. The maximum atomic E-state index is 5.77. The van der Waals surface area contributed by atoms with Crippen LogP contribution in [0.15, 0.2) is 42.6 Å². The number of nitrogens with zero attached hydrogens (tertiary/aromatic N) is 2. The van der Waals surface area contributed by atoms with Crippen molar-refractivity contribution in [1.29, 1.82) is 0 Å². The van der Waals surface area contributed by atoms with Gasteiger partial charge in [-0.15, -0.1) is 0 Å². The first kappa shape index (κ1) is 13.8. The highest BCUT2D eigenvalue weighted by atomic mass is 32.1. The molecule has 0 saturated heterocycles. The largest absolute Gasteiger partial charge is 0.393 e. The quantitative estimate of drug-likeness (QED) is 0.753. The van der Waals surface area contributed by atoms with Crippen LogP contribution in [-0.2, 0) is 6.42 Å². The predicted molar refractivity (Wildman–Crippen MR) is 90.6 cm³/mol. The number of aromatic nitrogens is 2. The zero-order valence-electron chi connectivity index (χ0n) is 12.1. The summed E-state index contributed by atoms with van der Waals surface area (Å²) in [6.45, 7) is 4.14. The first-order chi connectivity index (χ1) is 10.0. The minimum Gasteiger partial charge on any atom is -0.393 e. The highest BCUT2D eigenvalue weighted by Gasteiger charge is 2.14. The van der Waals surface area contributed by atoms with Gasteiger partial charge in [-0.05, 0) is 31.5 Å². The van der Waals surface area contributed by atoms with Gasteiger partial charge in [0.2, 0.25) is 0 Å². The fourth-order valence-electron chi connectivity index (χ4n) is 2.47. The van der Waals surface area contributed by atoms with Crippen molar-refractivity contribution in [2.45, 2.75) is 20.3 Å². The van der Waals surface area contributed by atoms with Crippen LogP contribution in [0.4, 0.5) is 0 Å². The van der Waals surface area contributed by atoms with Crippen LogP contribution in [0.5, 0.6) is 0 Å². The third kappa shape index (κ3) is 2.67. The number of hydrogen-bond donors (Lipinski definition) is 1. The number of hydrogen-bond acceptors (Lipinski definition) is 2. The van der Waals surface area contributed by atoms with E-state index in [0.29, 0.717) is 11.4 Å². The summed E-state index contributed by atoms with van der Waals surface area (Å²) in [6.07, 6.45) is 2.58.